The number of hydrogen-bond acceptors (Lipinski definition) is 5. The highest BCUT2D eigenvalue weighted by Gasteiger charge is 2.53. The Morgan fingerprint density at radius 2 is 1.83 bits per heavy atom. The molecule has 1 aliphatic carbocycles. The van der Waals surface area contributed by atoms with Crippen LogP contribution in [0.1, 0.15) is 32.6 Å². The molecule has 160 valence electrons. The zero-order valence-electron chi connectivity index (χ0n) is 16.2. The molecule has 1 spiro atoms. The minimum absolute atomic E-state index is 0.0820. The van der Waals surface area contributed by atoms with Gasteiger partial charge in [-0.05, 0) is 38.5 Å². The first-order valence-electron chi connectivity index (χ1n) is 9.94. The molecule has 2 heterocycles. The molecular weight excluding hydrogens is 389 g/mol. The van der Waals surface area contributed by atoms with Crippen LogP contribution in [0.15, 0.2) is 12.1 Å². The number of alkyl carbamates (subject to hydrolysis) is 1. The normalized spacial score (nSPS) is 29.8. The smallest absolute Gasteiger partial charge is 0.407 e. The van der Waals surface area contributed by atoms with Crippen molar-refractivity contribution in [2.75, 3.05) is 19.7 Å². The van der Waals surface area contributed by atoms with Crippen LogP contribution in [-0.2, 0) is 4.74 Å². The van der Waals surface area contributed by atoms with Gasteiger partial charge in [0.25, 0.3) is 0 Å². The molecule has 2 unspecified atom stereocenters. The van der Waals surface area contributed by atoms with Crippen LogP contribution >= 0.6 is 0 Å². The molecule has 1 saturated carbocycles. The van der Waals surface area contributed by atoms with Crippen molar-refractivity contribution in [1.82, 2.24) is 10.2 Å². The van der Waals surface area contributed by atoms with E-state index < -0.39 is 29.8 Å². The fourth-order valence-electron chi connectivity index (χ4n) is 4.71. The summed E-state index contributed by atoms with van der Waals surface area (Å²) in [4.78, 5) is 13.2. The Labute approximate surface area is 167 Å². The summed E-state index contributed by atoms with van der Waals surface area (Å²) in [5.41, 5.74) is -0.322. The highest BCUT2D eigenvalue weighted by atomic mass is 19.2. The van der Waals surface area contributed by atoms with Crippen molar-refractivity contribution in [3.63, 3.8) is 0 Å². The Hall–Kier alpha value is -2.00. The van der Waals surface area contributed by atoms with E-state index in [9.17, 15) is 23.1 Å². The maximum atomic E-state index is 13.8. The molecule has 29 heavy (non-hydrogen) atoms. The van der Waals surface area contributed by atoms with Crippen molar-refractivity contribution in [2.24, 2.45) is 11.8 Å². The van der Waals surface area contributed by atoms with Crippen molar-refractivity contribution < 1.29 is 32.5 Å². The van der Waals surface area contributed by atoms with E-state index in [2.05, 4.69) is 5.32 Å². The maximum absolute atomic E-state index is 13.8. The van der Waals surface area contributed by atoms with Crippen LogP contribution in [0, 0.1) is 29.3 Å². The van der Waals surface area contributed by atoms with Gasteiger partial charge in [0.1, 0.15) is 12.8 Å². The summed E-state index contributed by atoms with van der Waals surface area (Å²) in [6.07, 6.45) is 1.50. The number of likely N-dealkylation sites (tertiary alicyclic amines) is 1. The summed E-state index contributed by atoms with van der Waals surface area (Å²) in [5, 5.41) is 13.5. The number of ether oxygens (including phenoxy) is 2. The van der Waals surface area contributed by atoms with E-state index in [1.165, 1.54) is 0 Å². The predicted molar refractivity (Wildman–Crippen MR) is 96.6 cm³/mol. The zero-order chi connectivity index (χ0) is 20.8. The van der Waals surface area contributed by atoms with Crippen molar-refractivity contribution in [2.45, 2.75) is 50.5 Å². The van der Waals surface area contributed by atoms with Crippen LogP contribution in [0.25, 0.3) is 0 Å². The third-order valence-corrected chi connectivity index (χ3v) is 6.47. The van der Waals surface area contributed by atoms with Crippen LogP contribution in [0.5, 0.6) is 5.75 Å². The van der Waals surface area contributed by atoms with Gasteiger partial charge in [0, 0.05) is 31.1 Å². The second-order valence-corrected chi connectivity index (χ2v) is 8.46. The topological polar surface area (TPSA) is 71.0 Å². The lowest BCUT2D eigenvalue weighted by molar-refractivity contribution is -0.105. The Morgan fingerprint density at radius 3 is 2.45 bits per heavy atom. The van der Waals surface area contributed by atoms with Crippen molar-refractivity contribution in [3.05, 3.63) is 29.6 Å². The predicted octanol–water partition coefficient (Wildman–Crippen LogP) is 2.79. The number of aliphatic hydroxyl groups is 1. The van der Waals surface area contributed by atoms with Gasteiger partial charge in [-0.15, -0.1) is 0 Å². The Kier molecular flexibility index (Phi) is 5.37. The zero-order valence-corrected chi connectivity index (χ0v) is 16.2. The largest absolute Gasteiger partial charge is 0.487 e. The van der Waals surface area contributed by atoms with Gasteiger partial charge >= 0.3 is 6.09 Å². The lowest BCUT2D eigenvalue weighted by Crippen LogP contribution is -2.60. The van der Waals surface area contributed by atoms with Gasteiger partial charge in [-0.3, -0.25) is 4.90 Å². The molecule has 9 heteroatoms. The fraction of sp³-hybridized carbons (Fsp3) is 0.650. The maximum Gasteiger partial charge on any atom is 0.407 e. The summed E-state index contributed by atoms with van der Waals surface area (Å²) < 4.78 is 50.7. The molecule has 2 saturated heterocycles. The summed E-state index contributed by atoms with van der Waals surface area (Å²) in [6.45, 7) is 3.46. The molecule has 0 aromatic heterocycles. The lowest BCUT2D eigenvalue weighted by atomic mass is 9.68. The SMILES string of the molecule is CC(Oc1cc(F)c(F)cc1F)C1CCN(C(O)C2CC3(COC(=O)N3)C2)CC1. The molecule has 4 rings (SSSR count). The first-order chi connectivity index (χ1) is 13.8. The van der Waals surface area contributed by atoms with E-state index >= 15 is 0 Å². The number of carbonyl (C=O) groups is 1. The monoisotopic (exact) mass is 414 g/mol. The average Bonchev–Trinajstić information content (AvgIpc) is 3.06. The summed E-state index contributed by atoms with van der Waals surface area (Å²) >= 11 is 0. The highest BCUT2D eigenvalue weighted by Crippen LogP contribution is 2.43. The van der Waals surface area contributed by atoms with Gasteiger partial charge in [-0.2, -0.15) is 0 Å². The highest BCUT2D eigenvalue weighted by molar-refractivity contribution is 5.71. The average molecular weight is 414 g/mol. The number of piperidine rings is 1. The van der Waals surface area contributed by atoms with Gasteiger partial charge in [0.05, 0.1) is 11.6 Å². The number of hydrogen-bond donors (Lipinski definition) is 2. The second kappa shape index (κ2) is 7.68. The molecule has 1 aromatic carbocycles. The number of nitrogens with zero attached hydrogens (tertiary/aromatic N) is 1. The Bertz CT molecular complexity index is 779. The number of carbonyl (C=O) groups excluding carboxylic acids is 1. The number of amides is 1. The quantitative estimate of drug-likeness (QED) is 0.725. The molecule has 0 radical (unpaired) electrons. The van der Waals surface area contributed by atoms with Crippen LogP contribution in [0.2, 0.25) is 0 Å². The third kappa shape index (κ3) is 4.02. The van der Waals surface area contributed by atoms with Crippen LogP contribution < -0.4 is 10.1 Å². The molecule has 2 aliphatic heterocycles. The number of benzene rings is 1. The van der Waals surface area contributed by atoms with Crippen LogP contribution in [-0.4, -0.2) is 53.7 Å². The van der Waals surface area contributed by atoms with Gasteiger partial charge in [0.2, 0.25) is 0 Å². The van der Waals surface area contributed by atoms with Crippen molar-refractivity contribution >= 4 is 6.09 Å². The van der Waals surface area contributed by atoms with E-state index in [4.69, 9.17) is 9.47 Å². The minimum atomic E-state index is -1.24. The molecule has 0 bridgehead atoms. The van der Waals surface area contributed by atoms with Gasteiger partial charge in [-0.1, -0.05) is 0 Å². The molecule has 3 aliphatic rings. The fourth-order valence-corrected chi connectivity index (χ4v) is 4.71. The number of rotatable bonds is 5. The molecule has 2 N–H and O–H groups in total. The number of cyclic esters (lactones) is 1. The Balaban J connectivity index is 1.26. The van der Waals surface area contributed by atoms with E-state index in [-0.39, 0.29) is 29.2 Å². The number of aliphatic hydroxyl groups excluding tert-OH is 1. The number of halogens is 3. The lowest BCUT2D eigenvalue weighted by Gasteiger charge is -2.48. The molecular formula is C20H25F3N2O4. The molecule has 3 fully saturated rings. The van der Waals surface area contributed by atoms with Gasteiger partial charge in [0.15, 0.2) is 23.2 Å². The number of nitrogens with one attached hydrogen (secondary N) is 1. The summed E-state index contributed by atoms with van der Waals surface area (Å²) in [5.74, 6) is -3.41. The van der Waals surface area contributed by atoms with Crippen molar-refractivity contribution in [3.8, 4) is 5.75 Å². The molecule has 1 aromatic rings. The summed E-state index contributed by atoms with van der Waals surface area (Å²) in [7, 11) is 0. The van der Waals surface area contributed by atoms with E-state index in [0.717, 1.165) is 18.9 Å². The van der Waals surface area contributed by atoms with E-state index in [0.29, 0.717) is 38.6 Å². The first kappa shape index (κ1) is 20.3. The second-order valence-electron chi connectivity index (χ2n) is 8.46. The van der Waals surface area contributed by atoms with Gasteiger partial charge in [-0.25, -0.2) is 18.0 Å². The molecule has 2 atom stereocenters. The summed E-state index contributed by atoms with van der Waals surface area (Å²) in [6, 6.07) is 1.22. The van der Waals surface area contributed by atoms with Gasteiger partial charge < -0.3 is 19.9 Å². The van der Waals surface area contributed by atoms with E-state index in [1.54, 1.807) is 6.92 Å². The van der Waals surface area contributed by atoms with Crippen LogP contribution in [0.4, 0.5) is 18.0 Å². The Morgan fingerprint density at radius 1 is 1.17 bits per heavy atom. The van der Waals surface area contributed by atoms with Crippen LogP contribution in [0.3, 0.4) is 0 Å². The van der Waals surface area contributed by atoms with Crippen molar-refractivity contribution in [1.29, 1.82) is 0 Å². The minimum Gasteiger partial charge on any atom is -0.487 e. The van der Waals surface area contributed by atoms with E-state index in [1.807, 2.05) is 4.90 Å². The third-order valence-electron chi connectivity index (χ3n) is 6.47. The molecule has 1 amide bonds. The molecule has 6 nitrogen and oxygen atoms in total. The first-order valence-corrected chi connectivity index (χ1v) is 9.94. The standard InChI is InChI=1S/C20H25F3N2O4/c1-11(29-17-7-15(22)14(21)6-16(17)23)12-2-4-25(5-3-12)18(26)13-8-20(9-13)10-28-19(27)24-20/h6-7,11-13,18,26H,2-5,8-10H2,1H3,(H,24,27).